The molecule has 2 heterocycles. The Hall–Kier alpha value is -1.01. The first-order valence-electron chi connectivity index (χ1n) is 6.07. The number of aromatic nitrogens is 2. The first kappa shape index (κ1) is 14.9. The number of thioether (sulfide) groups is 1. The predicted octanol–water partition coefficient (Wildman–Crippen LogP) is 4.59. The Labute approximate surface area is 139 Å². The van der Waals surface area contributed by atoms with Gasteiger partial charge in [0.1, 0.15) is 4.83 Å². The number of rotatable bonds is 3. The van der Waals surface area contributed by atoms with Crippen molar-refractivity contribution in [3.8, 4) is 0 Å². The number of benzene rings is 1. The van der Waals surface area contributed by atoms with Crippen LogP contribution in [0.15, 0.2) is 39.6 Å². The van der Waals surface area contributed by atoms with Crippen LogP contribution in [0, 0.1) is 0 Å². The minimum atomic E-state index is -0.0223. The van der Waals surface area contributed by atoms with Gasteiger partial charge in [0.05, 0.1) is 5.39 Å². The van der Waals surface area contributed by atoms with E-state index in [2.05, 4.69) is 4.98 Å². The zero-order chi connectivity index (χ0) is 15.0. The number of nitrogens with zero attached hydrogens (tertiary/aromatic N) is 2. The predicted molar refractivity (Wildman–Crippen MR) is 90.9 cm³/mol. The second-order valence-corrected chi connectivity index (χ2v) is 7.10. The summed E-state index contributed by atoms with van der Waals surface area (Å²) in [6.07, 6.45) is 0. The standard InChI is InChI=1S/C14H10Cl2N2OS2/c1-18-13(19)10-4-5-20-12(10)17-14(18)21-7-8-2-3-9(15)6-11(8)16/h2-6H,7H2,1H3. The third-order valence-electron chi connectivity index (χ3n) is 3.04. The fraction of sp³-hybridized carbons (Fsp3) is 0.143. The summed E-state index contributed by atoms with van der Waals surface area (Å²) in [6.45, 7) is 0. The smallest absolute Gasteiger partial charge is 0.262 e. The van der Waals surface area contributed by atoms with Gasteiger partial charge in [-0.3, -0.25) is 9.36 Å². The van der Waals surface area contributed by atoms with Gasteiger partial charge in [-0.1, -0.05) is 41.0 Å². The lowest BCUT2D eigenvalue weighted by Crippen LogP contribution is -2.19. The van der Waals surface area contributed by atoms with Crippen LogP contribution in [0.3, 0.4) is 0 Å². The highest BCUT2D eigenvalue weighted by Crippen LogP contribution is 2.28. The molecule has 108 valence electrons. The molecule has 0 bridgehead atoms. The van der Waals surface area contributed by atoms with E-state index in [0.29, 0.717) is 26.3 Å². The van der Waals surface area contributed by atoms with Crippen molar-refractivity contribution in [2.24, 2.45) is 7.05 Å². The highest BCUT2D eigenvalue weighted by atomic mass is 35.5. The van der Waals surface area contributed by atoms with Gasteiger partial charge < -0.3 is 0 Å². The van der Waals surface area contributed by atoms with Crippen LogP contribution in [0.4, 0.5) is 0 Å². The molecule has 0 amide bonds. The van der Waals surface area contributed by atoms with Crippen LogP contribution in [0.2, 0.25) is 10.0 Å². The van der Waals surface area contributed by atoms with Gasteiger partial charge in [-0.2, -0.15) is 0 Å². The zero-order valence-electron chi connectivity index (χ0n) is 11.0. The van der Waals surface area contributed by atoms with Crippen molar-refractivity contribution in [3.63, 3.8) is 0 Å². The molecule has 0 unspecified atom stereocenters. The van der Waals surface area contributed by atoms with E-state index in [9.17, 15) is 4.79 Å². The highest BCUT2D eigenvalue weighted by molar-refractivity contribution is 7.98. The summed E-state index contributed by atoms with van der Waals surface area (Å²) in [5.41, 5.74) is 0.942. The maximum Gasteiger partial charge on any atom is 0.262 e. The molecule has 7 heteroatoms. The van der Waals surface area contributed by atoms with Gasteiger partial charge in [-0.25, -0.2) is 4.98 Å². The molecule has 3 aromatic rings. The van der Waals surface area contributed by atoms with Crippen LogP contribution < -0.4 is 5.56 Å². The molecule has 0 aliphatic heterocycles. The first-order valence-corrected chi connectivity index (χ1v) is 8.69. The number of halogens is 2. The summed E-state index contributed by atoms with van der Waals surface area (Å²) < 4.78 is 1.57. The van der Waals surface area contributed by atoms with Crippen LogP contribution >= 0.6 is 46.3 Å². The van der Waals surface area contributed by atoms with Gasteiger partial charge in [-0.15, -0.1) is 11.3 Å². The molecule has 21 heavy (non-hydrogen) atoms. The summed E-state index contributed by atoms with van der Waals surface area (Å²) in [6, 6.07) is 7.21. The minimum absolute atomic E-state index is 0.0223. The SMILES string of the molecule is Cn1c(SCc2ccc(Cl)cc2Cl)nc2sccc2c1=O. The van der Waals surface area contributed by atoms with Crippen molar-refractivity contribution in [1.82, 2.24) is 9.55 Å². The van der Waals surface area contributed by atoms with E-state index in [4.69, 9.17) is 23.2 Å². The lowest BCUT2D eigenvalue weighted by molar-refractivity contribution is 0.728. The normalized spacial score (nSPS) is 11.2. The second kappa shape index (κ2) is 6.01. The Morgan fingerprint density at radius 2 is 2.14 bits per heavy atom. The average Bonchev–Trinajstić information content (AvgIpc) is 2.91. The second-order valence-electron chi connectivity index (χ2n) is 4.42. The van der Waals surface area contributed by atoms with Crippen molar-refractivity contribution >= 4 is 56.5 Å². The zero-order valence-corrected chi connectivity index (χ0v) is 14.1. The molecule has 0 radical (unpaired) electrons. The first-order chi connectivity index (χ1) is 10.1. The molecule has 0 aliphatic rings. The van der Waals surface area contributed by atoms with E-state index in [1.165, 1.54) is 23.1 Å². The molecule has 0 aliphatic carbocycles. The van der Waals surface area contributed by atoms with Crippen molar-refractivity contribution in [3.05, 3.63) is 55.6 Å². The van der Waals surface area contributed by atoms with E-state index in [1.807, 2.05) is 11.4 Å². The summed E-state index contributed by atoms with van der Waals surface area (Å²) in [7, 11) is 1.73. The molecular weight excluding hydrogens is 347 g/mol. The van der Waals surface area contributed by atoms with Crippen molar-refractivity contribution in [2.75, 3.05) is 0 Å². The maximum absolute atomic E-state index is 12.2. The minimum Gasteiger partial charge on any atom is -0.290 e. The van der Waals surface area contributed by atoms with Gasteiger partial charge in [-0.05, 0) is 29.1 Å². The third-order valence-corrected chi connectivity index (χ3v) is 5.51. The fourth-order valence-corrected chi connectivity index (χ4v) is 4.23. The third kappa shape index (κ3) is 2.97. The van der Waals surface area contributed by atoms with Gasteiger partial charge in [0.25, 0.3) is 5.56 Å². The molecule has 0 saturated heterocycles. The summed E-state index contributed by atoms with van der Waals surface area (Å²) >= 11 is 15.0. The van der Waals surface area contributed by atoms with Crippen LogP contribution in [0.25, 0.3) is 10.2 Å². The number of hydrogen-bond acceptors (Lipinski definition) is 4. The Kier molecular flexibility index (Phi) is 4.26. The molecule has 3 nitrogen and oxygen atoms in total. The molecule has 0 spiro atoms. The number of hydrogen-bond donors (Lipinski definition) is 0. The lowest BCUT2D eigenvalue weighted by atomic mass is 10.2. The van der Waals surface area contributed by atoms with Crippen LogP contribution in [-0.4, -0.2) is 9.55 Å². The van der Waals surface area contributed by atoms with E-state index in [0.717, 1.165) is 10.4 Å². The molecule has 0 fully saturated rings. The summed E-state index contributed by atoms with van der Waals surface area (Å²) in [5, 5.41) is 4.46. The van der Waals surface area contributed by atoms with Crippen molar-refractivity contribution in [1.29, 1.82) is 0 Å². The highest BCUT2D eigenvalue weighted by Gasteiger charge is 2.10. The molecular formula is C14H10Cl2N2OS2. The molecule has 2 aromatic heterocycles. The van der Waals surface area contributed by atoms with Crippen LogP contribution in [0.1, 0.15) is 5.56 Å². The molecule has 0 N–H and O–H groups in total. The van der Waals surface area contributed by atoms with E-state index in [-0.39, 0.29) is 5.56 Å². The van der Waals surface area contributed by atoms with E-state index >= 15 is 0 Å². The van der Waals surface area contributed by atoms with E-state index < -0.39 is 0 Å². The van der Waals surface area contributed by atoms with Gasteiger partial charge in [0, 0.05) is 22.8 Å². The number of fused-ring (bicyclic) bond motifs is 1. The van der Waals surface area contributed by atoms with Crippen LogP contribution in [-0.2, 0) is 12.8 Å². The molecule has 0 atom stereocenters. The molecule has 0 saturated carbocycles. The Morgan fingerprint density at radius 1 is 1.33 bits per heavy atom. The molecule has 3 rings (SSSR count). The fourth-order valence-electron chi connectivity index (χ4n) is 1.89. The lowest BCUT2D eigenvalue weighted by Gasteiger charge is -2.08. The Balaban J connectivity index is 1.91. The van der Waals surface area contributed by atoms with Crippen molar-refractivity contribution in [2.45, 2.75) is 10.9 Å². The summed E-state index contributed by atoms with van der Waals surface area (Å²) in [5.74, 6) is 0.632. The van der Waals surface area contributed by atoms with E-state index in [1.54, 1.807) is 29.8 Å². The van der Waals surface area contributed by atoms with Crippen LogP contribution in [0.5, 0.6) is 0 Å². The molecule has 1 aromatic carbocycles. The average molecular weight is 357 g/mol. The quantitative estimate of drug-likeness (QED) is 0.508. The number of thiophene rings is 1. The monoisotopic (exact) mass is 356 g/mol. The topological polar surface area (TPSA) is 34.9 Å². The maximum atomic E-state index is 12.2. The largest absolute Gasteiger partial charge is 0.290 e. The Bertz CT molecular complexity index is 873. The van der Waals surface area contributed by atoms with Gasteiger partial charge in [0.2, 0.25) is 0 Å². The Morgan fingerprint density at radius 3 is 2.90 bits per heavy atom. The van der Waals surface area contributed by atoms with Gasteiger partial charge in [0.15, 0.2) is 5.16 Å². The van der Waals surface area contributed by atoms with Crippen molar-refractivity contribution < 1.29 is 0 Å². The summed E-state index contributed by atoms with van der Waals surface area (Å²) in [4.78, 5) is 17.5. The van der Waals surface area contributed by atoms with Gasteiger partial charge >= 0.3 is 0 Å².